The van der Waals surface area contributed by atoms with Gasteiger partial charge in [0.05, 0.1) is 10.3 Å². The Hall–Kier alpha value is -0.510. The molecule has 1 N–H and O–H groups in total. The van der Waals surface area contributed by atoms with Crippen LogP contribution in [-0.2, 0) is 9.53 Å². The van der Waals surface area contributed by atoms with Gasteiger partial charge in [0.25, 0.3) is 0 Å². The molecule has 230 valence electrons. The Morgan fingerprint density at radius 3 is 2.27 bits per heavy atom. The zero-order chi connectivity index (χ0) is 29.0. The Morgan fingerprint density at radius 2 is 1.66 bits per heavy atom. The highest BCUT2D eigenvalue weighted by atomic mass is 35.5. The second kappa shape index (κ2) is 11.4. The van der Waals surface area contributed by atoms with Crippen LogP contribution < -0.4 is 0 Å². The zero-order valence-electron chi connectivity index (χ0n) is 25.8. The third-order valence-electron chi connectivity index (χ3n) is 13.8. The smallest absolute Gasteiger partial charge is 0.336 e. The Morgan fingerprint density at radius 1 is 1.02 bits per heavy atom. The molecular weight excluding hydrogens is 551 g/mol. The Balaban J connectivity index is 1.23. The van der Waals surface area contributed by atoms with Crippen LogP contribution in [0.1, 0.15) is 124 Å². The minimum Gasteiger partial charge on any atom is -0.479 e. The molecule has 6 rings (SSSR count). The highest BCUT2D eigenvalue weighted by Crippen LogP contribution is 2.71. The van der Waals surface area contributed by atoms with E-state index in [0.29, 0.717) is 30.3 Å². The van der Waals surface area contributed by atoms with E-state index in [0.717, 1.165) is 83.5 Å². The molecule has 0 amide bonds. The number of carboxylic acid groups (broad SMARTS) is 1. The average Bonchev–Trinajstić information content (AvgIpc) is 3.21. The first-order valence-electron chi connectivity index (χ1n) is 17.2. The lowest BCUT2D eigenvalue weighted by Crippen LogP contribution is -2.64. The van der Waals surface area contributed by atoms with Crippen LogP contribution in [0.2, 0.25) is 0 Å². The molecule has 0 aliphatic heterocycles. The van der Waals surface area contributed by atoms with Gasteiger partial charge in [-0.15, -0.1) is 23.2 Å². The molecule has 0 radical (unpaired) electrons. The molecule has 0 aromatic rings. The van der Waals surface area contributed by atoms with Crippen molar-refractivity contribution in [3.8, 4) is 0 Å². The minimum absolute atomic E-state index is 0.0943. The van der Waals surface area contributed by atoms with E-state index in [1.165, 1.54) is 24.8 Å². The van der Waals surface area contributed by atoms with Crippen LogP contribution in [0.5, 0.6) is 0 Å². The summed E-state index contributed by atoms with van der Waals surface area (Å²) in [6.07, 6.45) is 24.4. The fourth-order valence-corrected chi connectivity index (χ4v) is 13.0. The van der Waals surface area contributed by atoms with Crippen LogP contribution in [0.15, 0.2) is 23.8 Å². The fraction of sp³-hybridized carbons (Fsp3) is 0.861. The highest BCUT2D eigenvalue weighted by molar-refractivity contribution is 6.33. The van der Waals surface area contributed by atoms with E-state index < -0.39 is 16.4 Å². The van der Waals surface area contributed by atoms with Gasteiger partial charge < -0.3 is 9.84 Å². The van der Waals surface area contributed by atoms with Crippen molar-refractivity contribution >= 4 is 29.2 Å². The van der Waals surface area contributed by atoms with E-state index in [4.69, 9.17) is 27.9 Å². The number of allylic oxidation sites excluding steroid dienone is 4. The number of fused-ring (bicyclic) bond motifs is 5. The van der Waals surface area contributed by atoms with E-state index in [1.807, 2.05) is 0 Å². The van der Waals surface area contributed by atoms with E-state index >= 15 is 0 Å². The summed E-state index contributed by atoms with van der Waals surface area (Å²) in [6, 6.07) is 0. The van der Waals surface area contributed by atoms with Crippen LogP contribution in [0, 0.1) is 46.3 Å². The molecule has 5 fully saturated rings. The number of ether oxygens (including phenoxy) is 1. The third-order valence-corrected chi connectivity index (χ3v) is 15.3. The lowest BCUT2D eigenvalue weighted by molar-refractivity contribution is -0.194. The summed E-state index contributed by atoms with van der Waals surface area (Å²) >= 11 is 15.3. The van der Waals surface area contributed by atoms with Gasteiger partial charge in [-0.1, -0.05) is 83.1 Å². The summed E-state index contributed by atoms with van der Waals surface area (Å²) < 4.78 is 6.87. The molecule has 3 nitrogen and oxygen atoms in total. The number of hydrogen-bond acceptors (Lipinski definition) is 2. The SMILES string of the molecule is CC1C[C@H]2[C@@H]3CCC4=CCC=C[C@]4(C)[C@@]3(Cl)C(Cl)C[C@]2(C)[C@H]1CCOC(C(=O)O)(C1CCCCC1)C1CCCCC1. The topological polar surface area (TPSA) is 46.5 Å². The molecule has 6 aliphatic rings. The van der Waals surface area contributed by atoms with Crippen LogP contribution in [0.25, 0.3) is 0 Å². The number of halogens is 2. The largest absolute Gasteiger partial charge is 0.479 e. The Bertz CT molecular complexity index is 1020. The molecule has 0 aromatic carbocycles. The predicted octanol–water partition coefficient (Wildman–Crippen LogP) is 9.95. The van der Waals surface area contributed by atoms with Crippen LogP contribution in [0.3, 0.4) is 0 Å². The molecule has 8 atom stereocenters. The van der Waals surface area contributed by atoms with Gasteiger partial charge in [0.15, 0.2) is 5.60 Å². The number of carbonyl (C=O) groups is 1. The van der Waals surface area contributed by atoms with Crippen LogP contribution in [0.4, 0.5) is 0 Å². The van der Waals surface area contributed by atoms with Crippen molar-refractivity contribution in [2.24, 2.45) is 46.3 Å². The molecule has 2 unspecified atom stereocenters. The molecule has 0 spiro atoms. The van der Waals surface area contributed by atoms with Gasteiger partial charge in [0.2, 0.25) is 0 Å². The van der Waals surface area contributed by atoms with Crippen molar-refractivity contribution in [3.05, 3.63) is 23.8 Å². The van der Waals surface area contributed by atoms with Gasteiger partial charge in [-0.05, 0) is 105 Å². The van der Waals surface area contributed by atoms with Crippen LogP contribution >= 0.6 is 23.2 Å². The normalized spacial score (nSPS) is 43.6. The lowest BCUT2D eigenvalue weighted by Gasteiger charge is -2.63. The molecule has 41 heavy (non-hydrogen) atoms. The fourth-order valence-electron chi connectivity index (χ4n) is 11.8. The van der Waals surface area contributed by atoms with E-state index in [2.05, 4.69) is 39.0 Å². The van der Waals surface area contributed by atoms with Gasteiger partial charge in [-0.2, -0.15) is 0 Å². The van der Waals surface area contributed by atoms with Gasteiger partial charge in [-0.3, -0.25) is 0 Å². The van der Waals surface area contributed by atoms with E-state index in [9.17, 15) is 9.90 Å². The van der Waals surface area contributed by atoms with Gasteiger partial charge in [0, 0.05) is 12.0 Å². The van der Waals surface area contributed by atoms with Gasteiger partial charge >= 0.3 is 5.97 Å². The predicted molar refractivity (Wildman–Crippen MR) is 168 cm³/mol. The second-order valence-corrected chi connectivity index (χ2v) is 16.6. The molecule has 0 aromatic heterocycles. The Kier molecular flexibility index (Phi) is 8.52. The number of rotatable bonds is 7. The van der Waals surface area contributed by atoms with Crippen LogP contribution in [-0.4, -0.2) is 33.5 Å². The maximum atomic E-state index is 13.2. The average molecular weight is 606 g/mol. The lowest BCUT2D eigenvalue weighted by atomic mass is 9.47. The number of carboxylic acids is 1. The molecule has 5 saturated carbocycles. The molecule has 0 saturated heterocycles. The van der Waals surface area contributed by atoms with E-state index in [-0.39, 0.29) is 28.0 Å². The van der Waals surface area contributed by atoms with Gasteiger partial charge in [-0.25, -0.2) is 4.79 Å². The van der Waals surface area contributed by atoms with Crippen molar-refractivity contribution in [1.82, 2.24) is 0 Å². The number of hydrogen-bond donors (Lipinski definition) is 1. The zero-order valence-corrected chi connectivity index (χ0v) is 27.3. The van der Waals surface area contributed by atoms with Crippen molar-refractivity contribution in [2.75, 3.05) is 6.61 Å². The molecule has 6 aliphatic carbocycles. The molecule has 0 bridgehead atoms. The summed E-state index contributed by atoms with van der Waals surface area (Å²) in [5.41, 5.74) is 0.418. The summed E-state index contributed by atoms with van der Waals surface area (Å²) in [7, 11) is 0. The summed E-state index contributed by atoms with van der Waals surface area (Å²) in [6.45, 7) is 7.82. The van der Waals surface area contributed by atoms with Crippen molar-refractivity contribution in [1.29, 1.82) is 0 Å². The minimum atomic E-state index is -1.01. The summed E-state index contributed by atoms with van der Waals surface area (Å²) in [5.74, 6) is 1.58. The molecule has 5 heteroatoms. The first kappa shape index (κ1) is 30.5. The quantitative estimate of drug-likeness (QED) is 0.232. The first-order valence-corrected chi connectivity index (χ1v) is 18.0. The Labute approximate surface area is 259 Å². The maximum absolute atomic E-state index is 13.2. The van der Waals surface area contributed by atoms with Crippen molar-refractivity contribution in [3.63, 3.8) is 0 Å². The third kappa shape index (κ3) is 4.63. The van der Waals surface area contributed by atoms with Gasteiger partial charge in [0.1, 0.15) is 0 Å². The van der Waals surface area contributed by atoms with Crippen molar-refractivity contribution in [2.45, 2.75) is 139 Å². The second-order valence-electron chi connectivity index (χ2n) is 15.5. The van der Waals surface area contributed by atoms with E-state index in [1.54, 1.807) is 0 Å². The standard InChI is InChI=1S/C36H54Cl2O3/c1-24-22-30-29-18-17-25-12-10-11-20-34(25,3)36(29,38)31(37)23-33(30,2)28(24)19-21-41-35(32(39)40,26-13-6-4-7-14-26)27-15-8-5-9-16-27/h11-12,20,24,26-31H,4-10,13-19,21-23H2,1-3H3,(H,39,40)/t24?,28-,29-,30-,31?,33+,34-,36-/m0/s1. The molecular formula is C36H54Cl2O3. The highest BCUT2D eigenvalue weighted by Gasteiger charge is 2.69. The summed E-state index contributed by atoms with van der Waals surface area (Å²) in [4.78, 5) is 12.8. The number of alkyl halides is 2. The maximum Gasteiger partial charge on any atom is 0.336 e. The molecule has 0 heterocycles. The number of aliphatic carboxylic acids is 1. The van der Waals surface area contributed by atoms with Crippen molar-refractivity contribution < 1.29 is 14.6 Å². The first-order chi connectivity index (χ1) is 19.6. The monoisotopic (exact) mass is 604 g/mol. The summed E-state index contributed by atoms with van der Waals surface area (Å²) in [5, 5.41) is 10.8.